The van der Waals surface area contributed by atoms with Crippen LogP contribution < -0.4 is 5.32 Å². The lowest BCUT2D eigenvalue weighted by atomic mass is 10.1. The van der Waals surface area contributed by atoms with Gasteiger partial charge in [-0.3, -0.25) is 9.59 Å². The molecule has 1 fully saturated rings. The molecule has 0 aliphatic carbocycles. The van der Waals surface area contributed by atoms with Crippen LogP contribution in [0.5, 0.6) is 0 Å². The molecule has 1 N–H and O–H groups in total. The molecular formula is C20H22N2O4S. The van der Waals surface area contributed by atoms with E-state index in [9.17, 15) is 14.4 Å². The molecule has 1 atom stereocenters. The molecule has 6 nitrogen and oxygen atoms in total. The summed E-state index contributed by atoms with van der Waals surface area (Å²) in [6.45, 7) is 4.10. The monoisotopic (exact) mass is 386 g/mol. The van der Waals surface area contributed by atoms with Crippen LogP contribution in [0.25, 0.3) is 0 Å². The zero-order valence-corrected chi connectivity index (χ0v) is 16.2. The van der Waals surface area contributed by atoms with E-state index in [1.54, 1.807) is 18.2 Å². The predicted octanol–water partition coefficient (Wildman–Crippen LogP) is 3.15. The van der Waals surface area contributed by atoms with Crippen LogP contribution in [0.3, 0.4) is 0 Å². The number of carbonyl (C=O) groups is 3. The van der Waals surface area contributed by atoms with E-state index in [-0.39, 0.29) is 12.5 Å². The Morgan fingerprint density at radius 2 is 2.04 bits per heavy atom. The number of rotatable bonds is 5. The number of amides is 2. The van der Waals surface area contributed by atoms with E-state index in [0.717, 1.165) is 17.5 Å². The summed E-state index contributed by atoms with van der Waals surface area (Å²) in [6, 6.07) is 8.51. The minimum absolute atomic E-state index is 0.163. The standard InChI is InChI=1S/C20H22N2O4S/c1-13-7-8-15(11-14(13)2)21-18(23)12-26-20(25)16-5-3-9-22(16)19(24)17-6-4-10-27-17/h4,6-8,10-11,16H,3,5,9,12H2,1-2H3,(H,21,23)/t16-/m0/s1. The van der Waals surface area contributed by atoms with E-state index in [4.69, 9.17) is 4.74 Å². The zero-order valence-electron chi connectivity index (χ0n) is 15.4. The topological polar surface area (TPSA) is 75.7 Å². The normalized spacial score (nSPS) is 16.2. The van der Waals surface area contributed by atoms with Crippen LogP contribution in [0.2, 0.25) is 0 Å². The molecule has 0 saturated carbocycles. The molecule has 3 rings (SSSR count). The number of esters is 1. The van der Waals surface area contributed by atoms with Gasteiger partial charge in [-0.2, -0.15) is 0 Å². The Balaban J connectivity index is 1.54. The predicted molar refractivity (Wildman–Crippen MR) is 104 cm³/mol. The number of thiophene rings is 1. The Labute approximate surface area is 162 Å². The number of carbonyl (C=O) groups excluding carboxylic acids is 3. The van der Waals surface area contributed by atoms with Gasteiger partial charge in [-0.15, -0.1) is 11.3 Å². The first kappa shape index (κ1) is 19.1. The first-order chi connectivity index (χ1) is 13.0. The molecule has 2 aromatic rings. The lowest BCUT2D eigenvalue weighted by molar-refractivity contribution is -0.151. The molecule has 1 saturated heterocycles. The zero-order chi connectivity index (χ0) is 19.4. The Bertz CT molecular complexity index is 848. The largest absolute Gasteiger partial charge is 0.454 e. The van der Waals surface area contributed by atoms with Gasteiger partial charge in [-0.1, -0.05) is 12.1 Å². The van der Waals surface area contributed by atoms with E-state index in [0.29, 0.717) is 23.5 Å². The highest BCUT2D eigenvalue weighted by Crippen LogP contribution is 2.23. The summed E-state index contributed by atoms with van der Waals surface area (Å²) in [4.78, 5) is 39.1. The Kier molecular flexibility index (Phi) is 5.91. The maximum absolute atomic E-state index is 12.5. The van der Waals surface area contributed by atoms with Gasteiger partial charge in [0.2, 0.25) is 0 Å². The summed E-state index contributed by atoms with van der Waals surface area (Å²) in [5, 5.41) is 4.54. The number of aryl methyl sites for hydroxylation is 2. The van der Waals surface area contributed by atoms with Crippen molar-refractivity contribution in [2.45, 2.75) is 32.7 Å². The quantitative estimate of drug-likeness (QED) is 0.801. The van der Waals surface area contributed by atoms with Crippen LogP contribution in [0, 0.1) is 13.8 Å². The van der Waals surface area contributed by atoms with Crippen LogP contribution in [-0.4, -0.2) is 41.9 Å². The van der Waals surface area contributed by atoms with Crippen molar-refractivity contribution in [3.05, 3.63) is 51.7 Å². The number of ether oxygens (including phenoxy) is 1. The molecule has 2 heterocycles. The molecule has 1 aliphatic rings. The maximum Gasteiger partial charge on any atom is 0.329 e. The minimum atomic E-state index is -0.631. The molecule has 1 aromatic heterocycles. The summed E-state index contributed by atoms with van der Waals surface area (Å²) in [7, 11) is 0. The van der Waals surface area contributed by atoms with Gasteiger partial charge in [0.05, 0.1) is 4.88 Å². The molecule has 7 heteroatoms. The van der Waals surface area contributed by atoms with Gasteiger partial charge < -0.3 is 15.0 Å². The Hall–Kier alpha value is -2.67. The van der Waals surface area contributed by atoms with Gasteiger partial charge in [-0.05, 0) is 61.4 Å². The van der Waals surface area contributed by atoms with E-state index >= 15 is 0 Å². The Morgan fingerprint density at radius 3 is 2.74 bits per heavy atom. The fourth-order valence-electron chi connectivity index (χ4n) is 3.05. The molecule has 1 aromatic carbocycles. The van der Waals surface area contributed by atoms with E-state index in [1.807, 2.05) is 31.4 Å². The van der Waals surface area contributed by atoms with Crippen molar-refractivity contribution in [2.24, 2.45) is 0 Å². The highest BCUT2D eigenvalue weighted by Gasteiger charge is 2.36. The lowest BCUT2D eigenvalue weighted by Crippen LogP contribution is -2.41. The van der Waals surface area contributed by atoms with Crippen LogP contribution in [0.1, 0.15) is 33.6 Å². The van der Waals surface area contributed by atoms with Gasteiger partial charge in [0, 0.05) is 12.2 Å². The second kappa shape index (κ2) is 8.35. The maximum atomic E-state index is 12.5. The van der Waals surface area contributed by atoms with Crippen LogP contribution in [-0.2, 0) is 14.3 Å². The third-order valence-electron chi connectivity index (χ3n) is 4.65. The van der Waals surface area contributed by atoms with Gasteiger partial charge in [-0.25, -0.2) is 4.79 Å². The fraction of sp³-hybridized carbons (Fsp3) is 0.350. The number of nitrogens with one attached hydrogen (secondary N) is 1. The van der Waals surface area contributed by atoms with Crippen molar-refractivity contribution in [1.82, 2.24) is 4.90 Å². The number of hydrogen-bond acceptors (Lipinski definition) is 5. The van der Waals surface area contributed by atoms with Crippen LogP contribution >= 0.6 is 11.3 Å². The first-order valence-electron chi connectivity index (χ1n) is 8.84. The smallest absolute Gasteiger partial charge is 0.329 e. The summed E-state index contributed by atoms with van der Waals surface area (Å²) >= 11 is 1.35. The third kappa shape index (κ3) is 4.54. The molecular weight excluding hydrogens is 364 g/mol. The molecule has 27 heavy (non-hydrogen) atoms. The number of nitrogens with zero attached hydrogens (tertiary/aromatic N) is 1. The van der Waals surface area contributed by atoms with Gasteiger partial charge in [0.15, 0.2) is 6.61 Å². The summed E-state index contributed by atoms with van der Waals surface area (Å²) < 4.78 is 5.17. The lowest BCUT2D eigenvalue weighted by Gasteiger charge is -2.22. The van der Waals surface area contributed by atoms with Gasteiger partial charge in [0.25, 0.3) is 11.8 Å². The van der Waals surface area contributed by atoms with Gasteiger partial charge in [0.1, 0.15) is 6.04 Å². The Morgan fingerprint density at radius 1 is 1.22 bits per heavy atom. The van der Waals surface area contributed by atoms with Crippen molar-refractivity contribution in [3.8, 4) is 0 Å². The van der Waals surface area contributed by atoms with Crippen molar-refractivity contribution < 1.29 is 19.1 Å². The highest BCUT2D eigenvalue weighted by molar-refractivity contribution is 7.12. The average molecular weight is 386 g/mol. The highest BCUT2D eigenvalue weighted by atomic mass is 32.1. The van der Waals surface area contributed by atoms with Crippen LogP contribution in [0.4, 0.5) is 5.69 Å². The van der Waals surface area contributed by atoms with Crippen molar-refractivity contribution in [3.63, 3.8) is 0 Å². The molecule has 1 aliphatic heterocycles. The summed E-state index contributed by atoms with van der Waals surface area (Å²) in [5.41, 5.74) is 2.86. The molecule has 2 amide bonds. The fourth-order valence-corrected chi connectivity index (χ4v) is 3.72. The molecule has 142 valence electrons. The molecule has 0 spiro atoms. The number of hydrogen-bond donors (Lipinski definition) is 1. The minimum Gasteiger partial charge on any atom is -0.454 e. The molecule has 0 bridgehead atoms. The summed E-state index contributed by atoms with van der Waals surface area (Å²) in [6.07, 6.45) is 1.29. The van der Waals surface area contributed by atoms with Crippen LogP contribution in [0.15, 0.2) is 35.7 Å². The third-order valence-corrected chi connectivity index (χ3v) is 5.51. The van der Waals surface area contributed by atoms with Crippen molar-refractivity contribution >= 4 is 34.8 Å². The first-order valence-corrected chi connectivity index (χ1v) is 9.72. The van der Waals surface area contributed by atoms with E-state index < -0.39 is 17.9 Å². The SMILES string of the molecule is Cc1ccc(NC(=O)COC(=O)[C@@H]2CCCN2C(=O)c2cccs2)cc1C. The van der Waals surface area contributed by atoms with E-state index in [2.05, 4.69) is 5.32 Å². The van der Waals surface area contributed by atoms with E-state index in [1.165, 1.54) is 16.2 Å². The second-order valence-corrected chi connectivity index (χ2v) is 7.54. The van der Waals surface area contributed by atoms with Crippen molar-refractivity contribution in [2.75, 3.05) is 18.5 Å². The number of benzene rings is 1. The average Bonchev–Trinajstić information content (AvgIpc) is 3.34. The number of likely N-dealkylation sites (tertiary alicyclic amines) is 1. The molecule has 0 radical (unpaired) electrons. The number of anilines is 1. The molecule has 0 unspecified atom stereocenters. The summed E-state index contributed by atoms with van der Waals surface area (Å²) in [5.74, 6) is -1.10. The second-order valence-electron chi connectivity index (χ2n) is 6.59. The van der Waals surface area contributed by atoms with Gasteiger partial charge >= 0.3 is 5.97 Å². The van der Waals surface area contributed by atoms with Crippen molar-refractivity contribution in [1.29, 1.82) is 0 Å².